The summed E-state index contributed by atoms with van der Waals surface area (Å²) >= 11 is 3.40. The first kappa shape index (κ1) is 14.3. The molecule has 0 saturated carbocycles. The maximum Gasteiger partial charge on any atom is 0.0830 e. The zero-order valence-electron chi connectivity index (χ0n) is 11.3. The monoisotopic (exact) mass is 318 g/mol. The first-order valence-electron chi connectivity index (χ1n) is 6.58. The lowest BCUT2D eigenvalue weighted by atomic mass is 9.97. The smallest absolute Gasteiger partial charge is 0.0830 e. The number of aliphatic hydroxyl groups is 1. The van der Waals surface area contributed by atoms with Gasteiger partial charge in [0.2, 0.25) is 0 Å². The number of aliphatic hydroxyl groups excluding tert-OH is 1. The molecule has 0 radical (unpaired) electrons. The Morgan fingerprint density at radius 3 is 1.95 bits per heavy atom. The molecule has 0 aromatic heterocycles. The number of halogens is 1. The average Bonchev–Trinajstić information content (AvgIpc) is 2.40. The van der Waals surface area contributed by atoms with E-state index in [9.17, 15) is 5.11 Å². The molecule has 0 fully saturated rings. The van der Waals surface area contributed by atoms with Gasteiger partial charge >= 0.3 is 0 Å². The van der Waals surface area contributed by atoms with Crippen LogP contribution in [0.25, 0.3) is 0 Å². The van der Waals surface area contributed by atoms with Crippen molar-refractivity contribution >= 4 is 15.9 Å². The van der Waals surface area contributed by atoms with Crippen molar-refractivity contribution in [1.29, 1.82) is 0 Å². The molecule has 0 heterocycles. The summed E-state index contributed by atoms with van der Waals surface area (Å²) in [5.74, 6) is 0.547. The highest BCUT2D eigenvalue weighted by atomic mass is 79.9. The molecule has 0 amide bonds. The van der Waals surface area contributed by atoms with Crippen LogP contribution in [0.5, 0.6) is 0 Å². The van der Waals surface area contributed by atoms with E-state index in [2.05, 4.69) is 54.0 Å². The molecular weight excluding hydrogens is 300 g/mol. The van der Waals surface area contributed by atoms with Gasteiger partial charge in [0.1, 0.15) is 0 Å². The number of hydrogen-bond acceptors (Lipinski definition) is 1. The quantitative estimate of drug-likeness (QED) is 0.854. The topological polar surface area (TPSA) is 20.2 Å². The van der Waals surface area contributed by atoms with E-state index in [0.29, 0.717) is 12.3 Å². The molecule has 100 valence electrons. The summed E-state index contributed by atoms with van der Waals surface area (Å²) in [7, 11) is 0. The number of benzene rings is 2. The van der Waals surface area contributed by atoms with E-state index < -0.39 is 6.10 Å². The Morgan fingerprint density at radius 2 is 1.42 bits per heavy atom. The van der Waals surface area contributed by atoms with E-state index in [1.165, 1.54) is 11.1 Å². The van der Waals surface area contributed by atoms with E-state index in [-0.39, 0.29) is 0 Å². The van der Waals surface area contributed by atoms with Crippen molar-refractivity contribution in [3.63, 3.8) is 0 Å². The minimum Gasteiger partial charge on any atom is -0.388 e. The highest BCUT2D eigenvalue weighted by Gasteiger charge is 2.08. The van der Waals surface area contributed by atoms with Crippen molar-refractivity contribution in [2.45, 2.75) is 32.3 Å². The van der Waals surface area contributed by atoms with E-state index >= 15 is 0 Å². The molecule has 0 saturated heterocycles. The van der Waals surface area contributed by atoms with Gasteiger partial charge in [-0.25, -0.2) is 0 Å². The summed E-state index contributed by atoms with van der Waals surface area (Å²) in [4.78, 5) is 0. The van der Waals surface area contributed by atoms with Gasteiger partial charge in [-0.2, -0.15) is 0 Å². The van der Waals surface area contributed by atoms with Crippen molar-refractivity contribution in [1.82, 2.24) is 0 Å². The Labute approximate surface area is 123 Å². The lowest BCUT2D eigenvalue weighted by Crippen LogP contribution is -2.01. The largest absolute Gasteiger partial charge is 0.388 e. The van der Waals surface area contributed by atoms with Gasteiger partial charge in [0.15, 0.2) is 0 Å². The lowest BCUT2D eigenvalue weighted by Gasteiger charge is -2.12. The fraction of sp³-hybridized carbons (Fsp3) is 0.294. The zero-order chi connectivity index (χ0) is 13.8. The van der Waals surface area contributed by atoms with Gasteiger partial charge < -0.3 is 5.11 Å². The molecule has 0 aliphatic heterocycles. The molecule has 2 heteroatoms. The molecule has 1 unspecified atom stereocenters. The van der Waals surface area contributed by atoms with Crippen molar-refractivity contribution in [3.05, 3.63) is 69.7 Å². The van der Waals surface area contributed by atoms with Crippen LogP contribution in [0.15, 0.2) is 53.0 Å². The minimum atomic E-state index is -0.446. The summed E-state index contributed by atoms with van der Waals surface area (Å²) in [6, 6.07) is 16.3. The Hall–Kier alpha value is -1.12. The van der Waals surface area contributed by atoms with Gasteiger partial charge in [-0.1, -0.05) is 66.2 Å². The van der Waals surface area contributed by atoms with Crippen LogP contribution in [0.1, 0.15) is 42.6 Å². The second-order valence-electron chi connectivity index (χ2n) is 5.17. The van der Waals surface area contributed by atoms with Gasteiger partial charge in [-0.15, -0.1) is 0 Å². The lowest BCUT2D eigenvalue weighted by molar-refractivity contribution is 0.178. The van der Waals surface area contributed by atoms with Crippen LogP contribution in [0.4, 0.5) is 0 Å². The minimum absolute atomic E-state index is 0.446. The summed E-state index contributed by atoms with van der Waals surface area (Å²) in [6.45, 7) is 4.37. The van der Waals surface area contributed by atoms with E-state index in [1.54, 1.807) is 0 Å². The average molecular weight is 319 g/mol. The first-order chi connectivity index (χ1) is 9.06. The van der Waals surface area contributed by atoms with Crippen molar-refractivity contribution in [2.24, 2.45) is 0 Å². The molecule has 2 aromatic carbocycles. The molecule has 0 bridgehead atoms. The Balaban J connectivity index is 2.06. The van der Waals surface area contributed by atoms with Crippen LogP contribution in [0, 0.1) is 0 Å². The first-order valence-corrected chi connectivity index (χ1v) is 7.38. The fourth-order valence-corrected chi connectivity index (χ4v) is 2.33. The van der Waals surface area contributed by atoms with Gasteiger partial charge in [0.05, 0.1) is 6.10 Å². The third-order valence-corrected chi connectivity index (χ3v) is 3.86. The molecule has 0 aliphatic carbocycles. The SMILES string of the molecule is CC(C)c1ccc(CC(O)c2ccc(Br)cc2)cc1. The normalized spacial score (nSPS) is 12.7. The summed E-state index contributed by atoms with van der Waals surface area (Å²) < 4.78 is 1.03. The third-order valence-electron chi connectivity index (χ3n) is 3.33. The molecule has 1 N–H and O–H groups in total. The maximum atomic E-state index is 10.2. The number of hydrogen-bond donors (Lipinski definition) is 1. The van der Waals surface area contributed by atoms with Crippen molar-refractivity contribution < 1.29 is 5.11 Å². The zero-order valence-corrected chi connectivity index (χ0v) is 12.9. The summed E-state index contributed by atoms with van der Waals surface area (Å²) in [6.07, 6.45) is 0.206. The molecule has 0 spiro atoms. The van der Waals surface area contributed by atoms with Crippen LogP contribution in [-0.2, 0) is 6.42 Å². The molecule has 1 atom stereocenters. The van der Waals surface area contributed by atoms with E-state index in [1.807, 2.05) is 24.3 Å². The predicted octanol–water partition coefficient (Wildman–Crippen LogP) is 4.85. The highest BCUT2D eigenvalue weighted by molar-refractivity contribution is 9.10. The Kier molecular flexibility index (Phi) is 4.78. The molecular formula is C17H19BrO. The maximum absolute atomic E-state index is 10.2. The van der Waals surface area contributed by atoms with Crippen LogP contribution < -0.4 is 0 Å². The van der Waals surface area contributed by atoms with Crippen molar-refractivity contribution in [3.8, 4) is 0 Å². The fourth-order valence-electron chi connectivity index (χ4n) is 2.06. The molecule has 19 heavy (non-hydrogen) atoms. The van der Waals surface area contributed by atoms with Gasteiger partial charge in [-0.3, -0.25) is 0 Å². The molecule has 0 aliphatic rings. The van der Waals surface area contributed by atoms with Crippen molar-refractivity contribution in [2.75, 3.05) is 0 Å². The Bertz CT molecular complexity index is 514. The van der Waals surface area contributed by atoms with Crippen LogP contribution in [-0.4, -0.2) is 5.11 Å². The Morgan fingerprint density at radius 1 is 0.895 bits per heavy atom. The van der Waals surface area contributed by atoms with Crippen LogP contribution >= 0.6 is 15.9 Å². The molecule has 2 rings (SSSR count). The highest BCUT2D eigenvalue weighted by Crippen LogP contribution is 2.22. The summed E-state index contributed by atoms with van der Waals surface area (Å²) in [5.41, 5.74) is 3.46. The standard InChI is InChI=1S/C17H19BrO/c1-12(2)14-5-3-13(4-6-14)11-17(19)15-7-9-16(18)10-8-15/h3-10,12,17,19H,11H2,1-2H3. The van der Waals surface area contributed by atoms with Crippen LogP contribution in [0.2, 0.25) is 0 Å². The van der Waals surface area contributed by atoms with E-state index in [0.717, 1.165) is 10.0 Å². The van der Waals surface area contributed by atoms with Gasteiger partial charge in [0.25, 0.3) is 0 Å². The van der Waals surface area contributed by atoms with Crippen LogP contribution in [0.3, 0.4) is 0 Å². The summed E-state index contributed by atoms with van der Waals surface area (Å²) in [5, 5.41) is 10.2. The third kappa shape index (κ3) is 3.92. The predicted molar refractivity (Wildman–Crippen MR) is 83.3 cm³/mol. The number of rotatable bonds is 4. The van der Waals surface area contributed by atoms with Gasteiger partial charge in [-0.05, 0) is 34.7 Å². The molecule has 1 nitrogen and oxygen atoms in total. The van der Waals surface area contributed by atoms with E-state index in [4.69, 9.17) is 0 Å². The molecule has 2 aromatic rings. The second kappa shape index (κ2) is 6.36. The second-order valence-corrected chi connectivity index (χ2v) is 6.08. The van der Waals surface area contributed by atoms with Gasteiger partial charge in [0, 0.05) is 10.9 Å².